The standard InChI is InChI=1S/C21H29N5O5/c1-2-3-15-11-26(25-24-15)9-8-16-5-6-17(20(12-27)31-16)23-21(28)22-14-4-7-18-19(10-14)30-13-29-18/h4,7,10-11,16-17,20,27H,2-3,5-6,8-9,12-13H2,1H3,(H2,22,23,28)/t16-,17-,20-/m1/s1. The Morgan fingerprint density at radius 3 is 3.00 bits per heavy atom. The first-order valence-corrected chi connectivity index (χ1v) is 10.8. The minimum absolute atomic E-state index is 0.00551. The molecule has 1 aromatic carbocycles. The van der Waals surface area contributed by atoms with Gasteiger partial charge < -0.3 is 30.0 Å². The van der Waals surface area contributed by atoms with Crippen molar-refractivity contribution in [3.8, 4) is 11.5 Å². The van der Waals surface area contributed by atoms with E-state index in [1.54, 1.807) is 18.2 Å². The first-order valence-electron chi connectivity index (χ1n) is 10.8. The maximum absolute atomic E-state index is 12.4. The van der Waals surface area contributed by atoms with Crippen molar-refractivity contribution in [2.45, 2.75) is 63.8 Å². The summed E-state index contributed by atoms with van der Waals surface area (Å²) in [6.07, 6.45) is 5.79. The van der Waals surface area contributed by atoms with E-state index in [1.807, 2.05) is 10.9 Å². The molecule has 0 bridgehead atoms. The minimum atomic E-state index is -0.451. The highest BCUT2D eigenvalue weighted by molar-refractivity contribution is 5.90. The number of carbonyl (C=O) groups excluding carboxylic acids is 1. The molecule has 2 aliphatic heterocycles. The summed E-state index contributed by atoms with van der Waals surface area (Å²) in [4.78, 5) is 12.4. The van der Waals surface area contributed by atoms with Crippen LogP contribution in [0.5, 0.6) is 11.5 Å². The smallest absolute Gasteiger partial charge is 0.319 e. The molecule has 0 aliphatic carbocycles. The molecule has 1 saturated heterocycles. The molecule has 2 amide bonds. The Hall–Kier alpha value is -2.85. The van der Waals surface area contributed by atoms with Crippen LogP contribution in [0.15, 0.2) is 24.4 Å². The van der Waals surface area contributed by atoms with Crippen LogP contribution in [0.1, 0.15) is 38.3 Å². The molecule has 3 heterocycles. The normalized spacial score (nSPS) is 22.3. The van der Waals surface area contributed by atoms with E-state index in [-0.39, 0.29) is 31.6 Å². The Morgan fingerprint density at radius 1 is 1.29 bits per heavy atom. The van der Waals surface area contributed by atoms with Crippen LogP contribution in [0.2, 0.25) is 0 Å². The Morgan fingerprint density at radius 2 is 2.16 bits per heavy atom. The number of nitrogens with one attached hydrogen (secondary N) is 2. The summed E-state index contributed by atoms with van der Waals surface area (Å²) in [7, 11) is 0. The van der Waals surface area contributed by atoms with Crippen LogP contribution in [-0.2, 0) is 17.7 Å². The highest BCUT2D eigenvalue weighted by atomic mass is 16.7. The number of ether oxygens (including phenoxy) is 3. The van der Waals surface area contributed by atoms with Crippen molar-refractivity contribution in [3.05, 3.63) is 30.1 Å². The number of aliphatic hydroxyl groups is 1. The first kappa shape index (κ1) is 21.4. The quantitative estimate of drug-likeness (QED) is 0.585. The molecule has 0 saturated carbocycles. The van der Waals surface area contributed by atoms with Gasteiger partial charge in [0.2, 0.25) is 6.79 Å². The van der Waals surface area contributed by atoms with Crippen LogP contribution in [0.4, 0.5) is 10.5 Å². The van der Waals surface area contributed by atoms with Crippen LogP contribution in [-0.4, -0.2) is 57.8 Å². The summed E-state index contributed by atoms with van der Waals surface area (Å²) in [6, 6.07) is 4.60. The van der Waals surface area contributed by atoms with E-state index in [2.05, 4.69) is 27.9 Å². The molecule has 0 spiro atoms. The molecule has 2 aliphatic rings. The van der Waals surface area contributed by atoms with E-state index in [1.165, 1.54) is 0 Å². The minimum Gasteiger partial charge on any atom is -0.454 e. The molecule has 3 N–H and O–H groups in total. The van der Waals surface area contributed by atoms with E-state index >= 15 is 0 Å². The largest absolute Gasteiger partial charge is 0.454 e. The lowest BCUT2D eigenvalue weighted by molar-refractivity contribution is -0.0905. The van der Waals surface area contributed by atoms with E-state index in [9.17, 15) is 9.90 Å². The fourth-order valence-electron chi connectivity index (χ4n) is 3.91. The van der Waals surface area contributed by atoms with Gasteiger partial charge in [-0.3, -0.25) is 4.68 Å². The van der Waals surface area contributed by atoms with Crippen molar-refractivity contribution in [1.29, 1.82) is 0 Å². The second-order valence-electron chi connectivity index (χ2n) is 7.84. The summed E-state index contributed by atoms with van der Waals surface area (Å²) in [5, 5.41) is 23.8. The molecule has 0 radical (unpaired) electrons. The lowest BCUT2D eigenvalue weighted by atomic mass is 9.97. The number of fused-ring (bicyclic) bond motifs is 1. The zero-order valence-corrected chi connectivity index (χ0v) is 17.6. The maximum atomic E-state index is 12.4. The van der Waals surface area contributed by atoms with Gasteiger partial charge in [0.05, 0.1) is 24.4 Å². The van der Waals surface area contributed by atoms with Gasteiger partial charge in [0.1, 0.15) is 6.10 Å². The Labute approximate surface area is 180 Å². The molecule has 2 aromatic rings. The Kier molecular flexibility index (Phi) is 6.88. The van der Waals surface area contributed by atoms with Crippen molar-refractivity contribution in [2.75, 3.05) is 18.7 Å². The zero-order chi connectivity index (χ0) is 21.6. The van der Waals surface area contributed by atoms with E-state index in [0.29, 0.717) is 23.7 Å². The summed E-state index contributed by atoms with van der Waals surface area (Å²) in [5.41, 5.74) is 1.60. The fraction of sp³-hybridized carbons (Fsp3) is 0.571. The zero-order valence-electron chi connectivity index (χ0n) is 17.6. The van der Waals surface area contributed by atoms with Crippen LogP contribution in [0, 0.1) is 0 Å². The lowest BCUT2D eigenvalue weighted by Gasteiger charge is -2.36. The molecule has 1 aromatic heterocycles. The molecule has 1 fully saturated rings. The number of aromatic nitrogens is 3. The number of benzene rings is 1. The van der Waals surface area contributed by atoms with Crippen molar-refractivity contribution >= 4 is 11.7 Å². The van der Waals surface area contributed by atoms with Gasteiger partial charge in [-0.1, -0.05) is 18.6 Å². The number of rotatable bonds is 8. The van der Waals surface area contributed by atoms with Gasteiger partial charge in [0.15, 0.2) is 11.5 Å². The molecular weight excluding hydrogens is 402 g/mol. The van der Waals surface area contributed by atoms with Gasteiger partial charge in [-0.05, 0) is 37.8 Å². The average Bonchev–Trinajstić information content (AvgIpc) is 3.42. The van der Waals surface area contributed by atoms with Gasteiger partial charge in [-0.25, -0.2) is 4.79 Å². The highest BCUT2D eigenvalue weighted by Crippen LogP contribution is 2.34. The molecule has 3 atom stereocenters. The second-order valence-corrected chi connectivity index (χ2v) is 7.84. The topological polar surface area (TPSA) is 120 Å². The number of urea groups is 1. The number of nitrogens with zero attached hydrogens (tertiary/aromatic N) is 3. The number of amides is 2. The van der Waals surface area contributed by atoms with Crippen molar-refractivity contribution in [1.82, 2.24) is 20.3 Å². The van der Waals surface area contributed by atoms with Gasteiger partial charge in [0.25, 0.3) is 0 Å². The molecule has 10 heteroatoms. The Balaban J connectivity index is 1.24. The number of aliphatic hydroxyl groups excluding tert-OH is 1. The molecule has 168 valence electrons. The van der Waals surface area contributed by atoms with Crippen molar-refractivity contribution < 1.29 is 24.1 Å². The number of aryl methyl sites for hydroxylation is 2. The summed E-state index contributed by atoms with van der Waals surface area (Å²) < 4.78 is 18.5. The molecule has 10 nitrogen and oxygen atoms in total. The molecular formula is C21H29N5O5. The van der Waals surface area contributed by atoms with E-state index in [0.717, 1.165) is 37.8 Å². The summed E-state index contributed by atoms with van der Waals surface area (Å²) >= 11 is 0. The van der Waals surface area contributed by atoms with Crippen LogP contribution >= 0.6 is 0 Å². The van der Waals surface area contributed by atoms with Crippen LogP contribution < -0.4 is 20.1 Å². The molecule has 0 unspecified atom stereocenters. The van der Waals surface area contributed by atoms with Gasteiger partial charge in [-0.2, -0.15) is 0 Å². The SMILES string of the molecule is CCCc1cn(CC[C@H]2CC[C@@H](NC(=O)Nc3ccc4c(c3)OCO4)[C@@H](CO)O2)nn1. The lowest BCUT2D eigenvalue weighted by Crippen LogP contribution is -2.52. The molecule has 4 rings (SSSR count). The van der Waals surface area contributed by atoms with Crippen molar-refractivity contribution in [2.24, 2.45) is 0 Å². The second kappa shape index (κ2) is 9.97. The van der Waals surface area contributed by atoms with Gasteiger partial charge >= 0.3 is 6.03 Å². The monoisotopic (exact) mass is 431 g/mol. The molecule has 31 heavy (non-hydrogen) atoms. The third-order valence-electron chi connectivity index (χ3n) is 5.51. The van der Waals surface area contributed by atoms with Gasteiger partial charge in [0, 0.05) is 24.5 Å². The van der Waals surface area contributed by atoms with Crippen molar-refractivity contribution in [3.63, 3.8) is 0 Å². The average molecular weight is 431 g/mol. The van der Waals surface area contributed by atoms with Crippen LogP contribution in [0.25, 0.3) is 0 Å². The van der Waals surface area contributed by atoms with E-state index < -0.39 is 6.10 Å². The van der Waals surface area contributed by atoms with Gasteiger partial charge in [-0.15, -0.1) is 5.10 Å². The number of anilines is 1. The van der Waals surface area contributed by atoms with Crippen LogP contribution in [0.3, 0.4) is 0 Å². The maximum Gasteiger partial charge on any atom is 0.319 e. The Bertz CT molecular complexity index is 889. The van der Waals surface area contributed by atoms with E-state index in [4.69, 9.17) is 14.2 Å². The number of hydrogen-bond acceptors (Lipinski definition) is 7. The predicted molar refractivity (Wildman–Crippen MR) is 112 cm³/mol. The first-order chi connectivity index (χ1) is 15.1. The summed E-state index contributed by atoms with van der Waals surface area (Å²) in [6.45, 7) is 2.85. The third kappa shape index (κ3) is 5.45. The predicted octanol–water partition coefficient (Wildman–Crippen LogP) is 2.08. The summed E-state index contributed by atoms with van der Waals surface area (Å²) in [5.74, 6) is 1.26. The highest BCUT2D eigenvalue weighted by Gasteiger charge is 2.32. The number of carbonyl (C=O) groups is 1. The fourth-order valence-corrected chi connectivity index (χ4v) is 3.91. The number of hydrogen-bond donors (Lipinski definition) is 3. The third-order valence-corrected chi connectivity index (χ3v) is 5.51.